The minimum atomic E-state index is -0.803. The molecular formula is C16H20O2. The van der Waals surface area contributed by atoms with Crippen LogP contribution < -0.4 is 0 Å². The van der Waals surface area contributed by atoms with Crippen molar-refractivity contribution in [2.75, 3.05) is 0 Å². The molecule has 1 fully saturated rings. The Hall–Kier alpha value is -1.31. The van der Waals surface area contributed by atoms with Gasteiger partial charge in [-0.2, -0.15) is 0 Å². The van der Waals surface area contributed by atoms with Gasteiger partial charge in [-0.05, 0) is 67.2 Å². The third-order valence-corrected chi connectivity index (χ3v) is 4.72. The van der Waals surface area contributed by atoms with E-state index in [-0.39, 0.29) is 0 Å². The lowest BCUT2D eigenvalue weighted by atomic mass is 9.74. The number of hydrogen-bond acceptors (Lipinski definition) is 1. The summed E-state index contributed by atoms with van der Waals surface area (Å²) in [5.41, 5.74) is 3.19. The number of benzene rings is 1. The van der Waals surface area contributed by atoms with E-state index >= 15 is 0 Å². The van der Waals surface area contributed by atoms with Crippen molar-refractivity contribution < 1.29 is 9.90 Å². The molecule has 0 heterocycles. The number of carboxylic acids is 1. The number of hydrogen-bond donors (Lipinski definition) is 1. The molecule has 2 aliphatic rings. The molecule has 0 spiro atoms. The highest BCUT2D eigenvalue weighted by Gasteiger charge is 2.30. The van der Waals surface area contributed by atoms with Gasteiger partial charge in [-0.3, -0.25) is 0 Å². The fraction of sp³-hybridized carbons (Fsp3) is 0.562. The van der Waals surface area contributed by atoms with E-state index in [4.69, 9.17) is 5.11 Å². The average Bonchev–Trinajstić information content (AvgIpc) is 2.57. The summed E-state index contributed by atoms with van der Waals surface area (Å²) in [5.74, 6) is 0.733. The lowest BCUT2D eigenvalue weighted by Crippen LogP contribution is -2.17. The molecule has 96 valence electrons. The first-order chi connectivity index (χ1) is 8.75. The van der Waals surface area contributed by atoms with Crippen LogP contribution in [-0.2, 0) is 6.42 Å². The molecule has 0 radical (unpaired) electrons. The van der Waals surface area contributed by atoms with Gasteiger partial charge in [0.2, 0.25) is 0 Å². The Balaban J connectivity index is 1.99. The van der Waals surface area contributed by atoms with Gasteiger partial charge in [-0.1, -0.05) is 18.9 Å². The molecular weight excluding hydrogens is 224 g/mol. The van der Waals surface area contributed by atoms with Crippen LogP contribution >= 0.6 is 0 Å². The molecule has 2 aliphatic carbocycles. The fourth-order valence-corrected chi connectivity index (χ4v) is 3.83. The summed E-state index contributed by atoms with van der Waals surface area (Å²) in [6, 6.07) is 5.79. The van der Waals surface area contributed by atoms with Crippen LogP contribution in [0.1, 0.15) is 65.9 Å². The van der Waals surface area contributed by atoms with Crippen molar-refractivity contribution >= 4 is 5.97 Å². The summed E-state index contributed by atoms with van der Waals surface area (Å²) in [7, 11) is 0. The van der Waals surface area contributed by atoms with Crippen LogP contribution in [0.4, 0.5) is 0 Å². The standard InChI is InChI=1S/C16H20O2/c17-16(18)13-8-9-15-12(10-13)6-3-5-11-4-1-2-7-14(11)15/h8-11,14H,1-7H2,(H,17,18). The zero-order valence-corrected chi connectivity index (χ0v) is 10.7. The second kappa shape index (κ2) is 4.75. The van der Waals surface area contributed by atoms with Gasteiger partial charge in [0.1, 0.15) is 0 Å². The van der Waals surface area contributed by atoms with Crippen molar-refractivity contribution in [1.29, 1.82) is 0 Å². The molecule has 1 aromatic rings. The molecule has 18 heavy (non-hydrogen) atoms. The van der Waals surface area contributed by atoms with Crippen LogP contribution in [0.25, 0.3) is 0 Å². The first-order valence-corrected chi connectivity index (χ1v) is 7.12. The minimum absolute atomic E-state index is 0.447. The summed E-state index contributed by atoms with van der Waals surface area (Å²) in [4.78, 5) is 11.1. The van der Waals surface area contributed by atoms with Gasteiger partial charge >= 0.3 is 5.97 Å². The third-order valence-electron chi connectivity index (χ3n) is 4.72. The molecule has 0 aromatic heterocycles. The van der Waals surface area contributed by atoms with Crippen molar-refractivity contribution in [3.63, 3.8) is 0 Å². The van der Waals surface area contributed by atoms with E-state index in [2.05, 4.69) is 6.07 Å². The maximum absolute atomic E-state index is 11.1. The summed E-state index contributed by atoms with van der Waals surface area (Å²) in [6.07, 6.45) is 8.97. The van der Waals surface area contributed by atoms with Crippen LogP contribution in [-0.4, -0.2) is 11.1 Å². The van der Waals surface area contributed by atoms with Crippen LogP contribution in [0, 0.1) is 5.92 Å². The summed E-state index contributed by atoms with van der Waals surface area (Å²) in [5, 5.41) is 9.09. The average molecular weight is 244 g/mol. The van der Waals surface area contributed by atoms with Gasteiger partial charge in [0, 0.05) is 0 Å². The molecule has 2 heteroatoms. The maximum Gasteiger partial charge on any atom is 0.335 e. The van der Waals surface area contributed by atoms with Crippen molar-refractivity contribution in [3.8, 4) is 0 Å². The predicted molar refractivity (Wildman–Crippen MR) is 71.0 cm³/mol. The largest absolute Gasteiger partial charge is 0.478 e. The Morgan fingerprint density at radius 3 is 2.72 bits per heavy atom. The van der Waals surface area contributed by atoms with Gasteiger partial charge in [0.05, 0.1) is 5.56 Å². The highest BCUT2D eigenvalue weighted by atomic mass is 16.4. The lowest BCUT2D eigenvalue weighted by molar-refractivity contribution is 0.0696. The van der Waals surface area contributed by atoms with E-state index in [1.807, 2.05) is 6.07 Å². The molecule has 1 saturated carbocycles. The molecule has 0 bridgehead atoms. The van der Waals surface area contributed by atoms with Crippen molar-refractivity contribution in [3.05, 3.63) is 34.9 Å². The number of fused-ring (bicyclic) bond motifs is 3. The summed E-state index contributed by atoms with van der Waals surface area (Å²) < 4.78 is 0. The highest BCUT2D eigenvalue weighted by Crippen LogP contribution is 2.44. The molecule has 3 rings (SSSR count). The Morgan fingerprint density at radius 1 is 1.11 bits per heavy atom. The Bertz CT molecular complexity index is 464. The summed E-state index contributed by atoms with van der Waals surface area (Å²) >= 11 is 0. The summed E-state index contributed by atoms with van der Waals surface area (Å²) in [6.45, 7) is 0. The zero-order chi connectivity index (χ0) is 12.5. The van der Waals surface area contributed by atoms with Gasteiger partial charge < -0.3 is 5.11 Å². The normalized spacial score (nSPS) is 26.9. The van der Waals surface area contributed by atoms with Crippen LogP contribution in [0.5, 0.6) is 0 Å². The fourth-order valence-electron chi connectivity index (χ4n) is 3.83. The van der Waals surface area contributed by atoms with E-state index in [0.717, 1.165) is 12.3 Å². The smallest absolute Gasteiger partial charge is 0.335 e. The molecule has 0 aliphatic heterocycles. The molecule has 0 saturated heterocycles. The molecule has 1 N–H and O–H groups in total. The number of rotatable bonds is 1. The minimum Gasteiger partial charge on any atom is -0.478 e. The van der Waals surface area contributed by atoms with Gasteiger partial charge in [-0.25, -0.2) is 4.79 Å². The Morgan fingerprint density at radius 2 is 1.89 bits per heavy atom. The van der Waals surface area contributed by atoms with Crippen LogP contribution in [0.2, 0.25) is 0 Å². The zero-order valence-electron chi connectivity index (χ0n) is 10.7. The number of aryl methyl sites for hydroxylation is 1. The topological polar surface area (TPSA) is 37.3 Å². The first kappa shape index (κ1) is 11.8. The van der Waals surface area contributed by atoms with E-state index in [1.54, 1.807) is 6.07 Å². The molecule has 1 aromatic carbocycles. The molecule has 0 amide bonds. The monoisotopic (exact) mass is 244 g/mol. The van der Waals surface area contributed by atoms with Crippen molar-refractivity contribution in [2.24, 2.45) is 5.92 Å². The third kappa shape index (κ3) is 2.05. The quantitative estimate of drug-likeness (QED) is 0.810. The van der Waals surface area contributed by atoms with E-state index in [0.29, 0.717) is 11.5 Å². The van der Waals surface area contributed by atoms with E-state index in [9.17, 15) is 4.79 Å². The Kier molecular flexibility index (Phi) is 3.11. The van der Waals surface area contributed by atoms with E-state index in [1.165, 1.54) is 49.7 Å². The maximum atomic E-state index is 11.1. The number of aromatic carboxylic acids is 1. The van der Waals surface area contributed by atoms with Gasteiger partial charge in [0.25, 0.3) is 0 Å². The molecule has 2 nitrogen and oxygen atoms in total. The highest BCUT2D eigenvalue weighted by molar-refractivity contribution is 5.87. The number of carboxylic acid groups (broad SMARTS) is 1. The predicted octanol–water partition coefficient (Wildman–Crippen LogP) is 3.99. The molecule has 2 atom stereocenters. The first-order valence-electron chi connectivity index (χ1n) is 7.12. The Labute approximate surface area is 108 Å². The SMILES string of the molecule is O=C(O)c1ccc2c(c1)CCCC1CCCCC21. The van der Waals surface area contributed by atoms with Crippen molar-refractivity contribution in [2.45, 2.75) is 50.9 Å². The van der Waals surface area contributed by atoms with Crippen LogP contribution in [0.3, 0.4) is 0 Å². The van der Waals surface area contributed by atoms with Gasteiger partial charge in [0.15, 0.2) is 0 Å². The van der Waals surface area contributed by atoms with Gasteiger partial charge in [-0.15, -0.1) is 0 Å². The molecule has 2 unspecified atom stereocenters. The second-order valence-corrected chi connectivity index (χ2v) is 5.76. The van der Waals surface area contributed by atoms with Crippen LogP contribution in [0.15, 0.2) is 18.2 Å². The second-order valence-electron chi connectivity index (χ2n) is 5.76. The lowest BCUT2D eigenvalue weighted by Gasteiger charge is -2.31. The number of carbonyl (C=O) groups is 1. The van der Waals surface area contributed by atoms with E-state index < -0.39 is 5.97 Å². The van der Waals surface area contributed by atoms with Crippen molar-refractivity contribution in [1.82, 2.24) is 0 Å².